The summed E-state index contributed by atoms with van der Waals surface area (Å²) in [6.07, 6.45) is -3.82. The van der Waals surface area contributed by atoms with E-state index >= 15 is 0 Å². The number of thiocarbonyl (C=S) groups is 1. The topological polar surface area (TPSA) is 92.3 Å². The first-order valence-corrected chi connectivity index (χ1v) is 25.3. The van der Waals surface area contributed by atoms with Crippen molar-refractivity contribution in [2.24, 2.45) is 5.92 Å². The maximum Gasteiger partial charge on any atom is 0.220 e. The van der Waals surface area contributed by atoms with Crippen molar-refractivity contribution in [3.63, 3.8) is 0 Å². The normalized spacial score (nSPS) is 25.8. The lowest BCUT2D eigenvalue weighted by molar-refractivity contribution is -0.412. The SMILES string of the molecule is CSC(=S)O[C@@H]([C@H]1O[C@H](COCc2ccccc2)[C@@H](OCc2ccccc2)[C@H](OCc2ccccc2)[C@@H]1OCc1ccccc1)[C@H]1[C@H](OCc2ccccc2)[C@H]2CO[C@@]1(OCc1ccccc1)CO2. The molecule has 0 N–H and O–H groups in total. The van der Waals surface area contributed by atoms with Gasteiger partial charge in [0.1, 0.15) is 49.3 Å². The van der Waals surface area contributed by atoms with Gasteiger partial charge in [0.05, 0.1) is 64.9 Å². The molecule has 4 saturated heterocycles. The van der Waals surface area contributed by atoms with E-state index in [1.807, 2.05) is 164 Å². The Morgan fingerprint density at radius 3 is 1.42 bits per heavy atom. The fraction of sp³-hybridized carbons (Fsp3) is 0.351. The molecule has 4 heterocycles. The zero-order valence-corrected chi connectivity index (χ0v) is 40.4. The van der Waals surface area contributed by atoms with Gasteiger partial charge in [-0.15, -0.1) is 0 Å². The van der Waals surface area contributed by atoms with Crippen LogP contribution in [-0.2, 0) is 87.0 Å². The molecule has 10 atom stereocenters. The summed E-state index contributed by atoms with van der Waals surface area (Å²) in [6, 6.07) is 60.6. The van der Waals surface area contributed by atoms with Crippen LogP contribution in [-0.4, -0.2) is 85.1 Å². The molecule has 69 heavy (non-hydrogen) atoms. The van der Waals surface area contributed by atoms with Crippen LogP contribution in [0.4, 0.5) is 0 Å². The highest BCUT2D eigenvalue weighted by atomic mass is 32.2. The van der Waals surface area contributed by atoms with Crippen molar-refractivity contribution >= 4 is 28.4 Å². The van der Waals surface area contributed by atoms with Crippen molar-refractivity contribution in [2.75, 3.05) is 26.1 Å². The van der Waals surface area contributed by atoms with Crippen LogP contribution in [0.3, 0.4) is 0 Å². The molecule has 12 heteroatoms. The summed E-state index contributed by atoms with van der Waals surface area (Å²) in [5, 5.41) is 0. The maximum atomic E-state index is 7.54. The van der Waals surface area contributed by atoms with Gasteiger partial charge in [0.25, 0.3) is 0 Å². The molecular formula is C57H60O10S2. The third kappa shape index (κ3) is 12.9. The number of hydrogen-bond acceptors (Lipinski definition) is 12. The number of fused-ring (bicyclic) bond motifs is 3. The first-order chi connectivity index (χ1) is 34.0. The molecule has 4 aliphatic rings. The van der Waals surface area contributed by atoms with Crippen molar-refractivity contribution in [3.8, 4) is 0 Å². The van der Waals surface area contributed by atoms with Gasteiger partial charge in [-0.05, 0) is 51.9 Å². The van der Waals surface area contributed by atoms with Crippen molar-refractivity contribution in [2.45, 2.75) is 94.3 Å². The second-order valence-corrected chi connectivity index (χ2v) is 18.9. The molecule has 0 unspecified atom stereocenters. The van der Waals surface area contributed by atoms with E-state index in [1.165, 1.54) is 11.8 Å². The fourth-order valence-corrected chi connectivity index (χ4v) is 9.69. The molecular weight excluding hydrogens is 909 g/mol. The molecule has 4 aliphatic heterocycles. The highest BCUT2D eigenvalue weighted by molar-refractivity contribution is 8.22. The van der Waals surface area contributed by atoms with E-state index in [9.17, 15) is 0 Å². The quantitative estimate of drug-likeness (QED) is 0.0607. The first-order valence-electron chi connectivity index (χ1n) is 23.6. The molecule has 0 aliphatic carbocycles. The summed E-state index contributed by atoms with van der Waals surface area (Å²) in [4.78, 5) is 0. The van der Waals surface area contributed by atoms with Gasteiger partial charge < -0.3 is 47.4 Å². The van der Waals surface area contributed by atoms with E-state index in [0.29, 0.717) is 24.2 Å². The van der Waals surface area contributed by atoms with Gasteiger partial charge in [-0.1, -0.05) is 194 Å². The Morgan fingerprint density at radius 1 is 0.551 bits per heavy atom. The van der Waals surface area contributed by atoms with Crippen LogP contribution in [0.25, 0.3) is 0 Å². The van der Waals surface area contributed by atoms with Gasteiger partial charge in [0.2, 0.25) is 10.2 Å². The van der Waals surface area contributed by atoms with Crippen LogP contribution >= 0.6 is 24.0 Å². The minimum atomic E-state index is -1.36. The Morgan fingerprint density at radius 2 is 0.971 bits per heavy atom. The predicted molar refractivity (Wildman–Crippen MR) is 269 cm³/mol. The molecule has 0 amide bonds. The average molecular weight is 969 g/mol. The average Bonchev–Trinajstić information content (AvgIpc) is 3.41. The zero-order valence-electron chi connectivity index (χ0n) is 38.8. The van der Waals surface area contributed by atoms with Crippen LogP contribution < -0.4 is 0 Å². The summed E-state index contributed by atoms with van der Waals surface area (Å²) in [6.45, 7) is 2.25. The number of ether oxygens (including phenoxy) is 10. The summed E-state index contributed by atoms with van der Waals surface area (Å²) >= 11 is 7.36. The molecule has 0 spiro atoms. The molecule has 360 valence electrons. The zero-order chi connectivity index (χ0) is 47.1. The van der Waals surface area contributed by atoms with Crippen LogP contribution in [0.2, 0.25) is 0 Å². The number of rotatable bonds is 22. The molecule has 0 saturated carbocycles. The molecule has 0 radical (unpaired) electrons. The van der Waals surface area contributed by atoms with Crippen LogP contribution in [0.5, 0.6) is 0 Å². The largest absolute Gasteiger partial charge is 0.472 e. The number of benzene rings is 6. The third-order valence-corrected chi connectivity index (χ3v) is 13.9. The Kier molecular flexibility index (Phi) is 17.7. The van der Waals surface area contributed by atoms with Gasteiger partial charge in [0, 0.05) is 0 Å². The van der Waals surface area contributed by atoms with Gasteiger partial charge in [-0.3, -0.25) is 0 Å². The standard InChI is InChI=1S/C57H60O10S2/c1-69-56(68)67-52(49-50(59-33-42-22-10-3-11-23-42)47-39-65-57(49,40-63-47)64-37-46-30-18-7-19-31-46)55-54(62-36-45-28-16-6-17-29-45)53(61-35-44-26-14-5-15-27-44)51(60-34-43-24-12-4-13-25-43)48(66-55)38-58-32-41-20-8-2-9-21-41/h2-31,47-55H,32-40H2,1H3/t47-,48-,49-,50-,51-,52-,53+,54+,55-,57+/m1/s1. The Bertz CT molecular complexity index is 2410. The van der Waals surface area contributed by atoms with Crippen LogP contribution in [0.15, 0.2) is 182 Å². The van der Waals surface area contributed by atoms with Gasteiger partial charge in [-0.25, -0.2) is 0 Å². The lowest BCUT2D eigenvalue weighted by Crippen LogP contribution is -2.74. The molecule has 0 aromatic heterocycles. The fourth-order valence-electron chi connectivity index (χ4n) is 9.37. The van der Waals surface area contributed by atoms with Crippen LogP contribution in [0, 0.1) is 5.92 Å². The second kappa shape index (κ2) is 24.8. The first kappa shape index (κ1) is 49.2. The van der Waals surface area contributed by atoms with Crippen molar-refractivity contribution in [3.05, 3.63) is 215 Å². The summed E-state index contributed by atoms with van der Waals surface area (Å²) in [7, 11) is 0. The molecule has 10 rings (SSSR count). The van der Waals surface area contributed by atoms with Gasteiger partial charge in [0.15, 0.2) is 0 Å². The number of hydrogen-bond donors (Lipinski definition) is 0. The Balaban J connectivity index is 1.16. The van der Waals surface area contributed by atoms with E-state index in [0.717, 1.165) is 33.4 Å². The third-order valence-electron chi connectivity index (χ3n) is 12.8. The smallest absolute Gasteiger partial charge is 0.220 e. The van der Waals surface area contributed by atoms with E-state index in [1.54, 1.807) is 0 Å². The van der Waals surface area contributed by atoms with E-state index in [2.05, 4.69) is 24.3 Å². The second-order valence-electron chi connectivity index (χ2n) is 17.5. The predicted octanol–water partition coefficient (Wildman–Crippen LogP) is 10.3. The van der Waals surface area contributed by atoms with Gasteiger partial charge >= 0.3 is 0 Å². The highest BCUT2D eigenvalue weighted by Gasteiger charge is 2.65. The minimum Gasteiger partial charge on any atom is -0.472 e. The Labute approximate surface area is 415 Å². The summed E-state index contributed by atoms with van der Waals surface area (Å²) in [5.74, 6) is -2.03. The van der Waals surface area contributed by atoms with Crippen molar-refractivity contribution in [1.82, 2.24) is 0 Å². The van der Waals surface area contributed by atoms with E-state index < -0.39 is 60.5 Å². The Hall–Kier alpha value is -4.80. The summed E-state index contributed by atoms with van der Waals surface area (Å²) < 4.78 is 70.6. The van der Waals surface area contributed by atoms with Crippen molar-refractivity contribution in [1.29, 1.82) is 0 Å². The monoisotopic (exact) mass is 968 g/mol. The molecule has 2 bridgehead atoms. The molecule has 6 aromatic carbocycles. The molecule has 4 fully saturated rings. The lowest BCUT2D eigenvalue weighted by atomic mass is 9.75. The highest BCUT2D eigenvalue weighted by Crippen LogP contribution is 2.48. The maximum absolute atomic E-state index is 7.54. The van der Waals surface area contributed by atoms with Gasteiger partial charge in [-0.2, -0.15) is 0 Å². The van der Waals surface area contributed by atoms with E-state index in [4.69, 9.17) is 59.6 Å². The van der Waals surface area contributed by atoms with Crippen molar-refractivity contribution < 1.29 is 47.4 Å². The lowest BCUT2D eigenvalue weighted by Gasteiger charge is -2.58. The minimum absolute atomic E-state index is 0.120. The summed E-state index contributed by atoms with van der Waals surface area (Å²) in [5.41, 5.74) is 5.99. The van der Waals surface area contributed by atoms with Crippen LogP contribution in [0.1, 0.15) is 33.4 Å². The number of thioether (sulfide) groups is 1. The van der Waals surface area contributed by atoms with E-state index in [-0.39, 0.29) is 39.6 Å². The molecule has 10 nitrogen and oxygen atoms in total. The molecule has 6 aromatic rings.